The molecule has 94 valence electrons. The van der Waals surface area contributed by atoms with E-state index in [-0.39, 0.29) is 11.9 Å². The summed E-state index contributed by atoms with van der Waals surface area (Å²) in [4.78, 5) is 16.0. The molecule has 2 rings (SSSR count). The van der Waals surface area contributed by atoms with E-state index in [2.05, 4.69) is 26.2 Å². The average Bonchev–Trinajstić information content (AvgIpc) is 2.81. The summed E-state index contributed by atoms with van der Waals surface area (Å²) in [6.45, 7) is 1.93. The van der Waals surface area contributed by atoms with E-state index in [0.29, 0.717) is 16.7 Å². The molecule has 2 heterocycles. The van der Waals surface area contributed by atoms with E-state index in [1.54, 1.807) is 24.5 Å². The second-order valence-corrected chi connectivity index (χ2v) is 4.82. The first-order valence-electron chi connectivity index (χ1n) is 5.61. The molecule has 5 heteroatoms. The highest BCUT2D eigenvalue weighted by atomic mass is 79.9. The summed E-state index contributed by atoms with van der Waals surface area (Å²) in [5, 5.41) is 2.88. The Morgan fingerprint density at radius 2 is 2.28 bits per heavy atom. The van der Waals surface area contributed by atoms with Gasteiger partial charge in [-0.2, -0.15) is 0 Å². The summed E-state index contributed by atoms with van der Waals surface area (Å²) in [6.07, 6.45) is 2.28. The number of aromatic nitrogens is 1. The van der Waals surface area contributed by atoms with Crippen LogP contribution in [0.2, 0.25) is 0 Å². The number of rotatable bonds is 4. The Morgan fingerprint density at radius 3 is 2.94 bits per heavy atom. The van der Waals surface area contributed by atoms with Crippen molar-refractivity contribution >= 4 is 21.8 Å². The number of carbonyl (C=O) groups is 1. The molecule has 0 aliphatic rings. The summed E-state index contributed by atoms with van der Waals surface area (Å²) in [5.74, 6) is 0.667. The molecule has 1 N–H and O–H groups in total. The number of pyridine rings is 1. The molecule has 1 unspecified atom stereocenters. The van der Waals surface area contributed by atoms with Gasteiger partial charge in [-0.1, -0.05) is 6.07 Å². The Hall–Kier alpha value is -1.62. The van der Waals surface area contributed by atoms with Gasteiger partial charge in [-0.05, 0) is 47.1 Å². The van der Waals surface area contributed by atoms with E-state index >= 15 is 0 Å². The highest BCUT2D eigenvalue weighted by molar-refractivity contribution is 9.10. The van der Waals surface area contributed by atoms with Crippen molar-refractivity contribution in [3.8, 4) is 0 Å². The van der Waals surface area contributed by atoms with Crippen molar-refractivity contribution in [2.24, 2.45) is 0 Å². The van der Waals surface area contributed by atoms with Crippen LogP contribution in [-0.2, 0) is 6.42 Å². The summed E-state index contributed by atoms with van der Waals surface area (Å²) < 4.78 is 5.88. The minimum Gasteiger partial charge on any atom is -0.469 e. The molecule has 0 radical (unpaired) electrons. The smallest absolute Gasteiger partial charge is 0.270 e. The van der Waals surface area contributed by atoms with Crippen molar-refractivity contribution in [2.45, 2.75) is 19.4 Å². The number of hydrogen-bond donors (Lipinski definition) is 1. The van der Waals surface area contributed by atoms with Crippen LogP contribution in [0.5, 0.6) is 0 Å². The van der Waals surface area contributed by atoms with E-state index in [4.69, 9.17) is 4.42 Å². The summed E-state index contributed by atoms with van der Waals surface area (Å²) in [7, 11) is 0. The Labute approximate surface area is 114 Å². The first-order valence-corrected chi connectivity index (χ1v) is 6.40. The molecule has 0 saturated heterocycles. The molecule has 18 heavy (non-hydrogen) atoms. The summed E-state index contributed by atoms with van der Waals surface area (Å²) in [5.41, 5.74) is 0.399. The van der Waals surface area contributed by atoms with Crippen LogP contribution in [0.1, 0.15) is 23.2 Å². The topological polar surface area (TPSA) is 55.1 Å². The standard InChI is InChI=1S/C13H13BrN2O2/c1-9(8-10-4-3-7-18-10)15-13(17)11-5-2-6-12(14)16-11/h2-7,9H,8H2,1H3,(H,15,17). The van der Waals surface area contributed by atoms with E-state index in [1.165, 1.54) is 0 Å². The number of halogens is 1. The minimum absolute atomic E-state index is 0.00979. The Morgan fingerprint density at radius 1 is 1.44 bits per heavy atom. The number of amides is 1. The third-order valence-electron chi connectivity index (χ3n) is 2.41. The zero-order chi connectivity index (χ0) is 13.0. The molecule has 0 aliphatic carbocycles. The van der Waals surface area contributed by atoms with Crippen LogP contribution >= 0.6 is 15.9 Å². The largest absolute Gasteiger partial charge is 0.469 e. The molecule has 4 nitrogen and oxygen atoms in total. The predicted molar refractivity (Wildman–Crippen MR) is 71.3 cm³/mol. The van der Waals surface area contributed by atoms with Gasteiger partial charge in [0.25, 0.3) is 5.91 Å². The molecule has 0 spiro atoms. The molecule has 0 saturated carbocycles. The van der Waals surface area contributed by atoms with Crippen LogP contribution < -0.4 is 5.32 Å². The van der Waals surface area contributed by atoms with Crippen molar-refractivity contribution in [1.82, 2.24) is 10.3 Å². The maximum absolute atomic E-state index is 11.9. The molecule has 0 fully saturated rings. The number of hydrogen-bond acceptors (Lipinski definition) is 3. The fourth-order valence-corrected chi connectivity index (χ4v) is 1.96. The van der Waals surface area contributed by atoms with E-state index in [9.17, 15) is 4.79 Å². The lowest BCUT2D eigenvalue weighted by Crippen LogP contribution is -2.34. The molecular weight excluding hydrogens is 296 g/mol. The van der Waals surface area contributed by atoms with Gasteiger partial charge in [0.1, 0.15) is 16.1 Å². The highest BCUT2D eigenvalue weighted by Gasteiger charge is 2.12. The van der Waals surface area contributed by atoms with Crippen LogP contribution in [0.3, 0.4) is 0 Å². The van der Waals surface area contributed by atoms with Crippen LogP contribution in [0.25, 0.3) is 0 Å². The maximum Gasteiger partial charge on any atom is 0.270 e. The van der Waals surface area contributed by atoms with E-state index in [1.807, 2.05) is 19.1 Å². The normalized spacial score (nSPS) is 12.1. The fraction of sp³-hybridized carbons (Fsp3) is 0.231. The predicted octanol–water partition coefficient (Wildman–Crippen LogP) is 2.80. The Bertz CT molecular complexity index is 526. The van der Waals surface area contributed by atoms with Gasteiger partial charge in [0.2, 0.25) is 0 Å². The van der Waals surface area contributed by atoms with Crippen LogP contribution in [-0.4, -0.2) is 16.9 Å². The number of furan rings is 1. The molecule has 2 aromatic rings. The second kappa shape index (κ2) is 5.82. The lowest BCUT2D eigenvalue weighted by molar-refractivity contribution is 0.0934. The maximum atomic E-state index is 11.9. The average molecular weight is 309 g/mol. The van der Waals surface area contributed by atoms with Crippen molar-refractivity contribution in [3.63, 3.8) is 0 Å². The van der Waals surface area contributed by atoms with Gasteiger partial charge in [0.05, 0.1) is 6.26 Å². The number of nitrogens with one attached hydrogen (secondary N) is 1. The Balaban J connectivity index is 1.95. The monoisotopic (exact) mass is 308 g/mol. The SMILES string of the molecule is CC(Cc1ccco1)NC(=O)c1cccc(Br)n1. The zero-order valence-electron chi connectivity index (χ0n) is 9.89. The lowest BCUT2D eigenvalue weighted by Gasteiger charge is -2.12. The molecule has 2 aromatic heterocycles. The molecular formula is C13H13BrN2O2. The molecule has 1 atom stereocenters. The van der Waals surface area contributed by atoms with E-state index < -0.39 is 0 Å². The van der Waals surface area contributed by atoms with Gasteiger partial charge in [-0.25, -0.2) is 4.98 Å². The highest BCUT2D eigenvalue weighted by Crippen LogP contribution is 2.07. The van der Waals surface area contributed by atoms with Gasteiger partial charge in [0, 0.05) is 12.5 Å². The first-order chi connectivity index (χ1) is 8.65. The molecule has 0 bridgehead atoms. The number of nitrogens with zero attached hydrogens (tertiary/aromatic N) is 1. The quantitative estimate of drug-likeness (QED) is 0.884. The van der Waals surface area contributed by atoms with Gasteiger partial charge < -0.3 is 9.73 Å². The Kier molecular flexibility index (Phi) is 4.15. The third kappa shape index (κ3) is 3.43. The van der Waals surface area contributed by atoms with Crippen molar-refractivity contribution in [2.75, 3.05) is 0 Å². The molecule has 0 aromatic carbocycles. The minimum atomic E-state index is -0.185. The van der Waals surface area contributed by atoms with Crippen molar-refractivity contribution in [1.29, 1.82) is 0 Å². The van der Waals surface area contributed by atoms with Crippen molar-refractivity contribution in [3.05, 3.63) is 52.7 Å². The van der Waals surface area contributed by atoms with E-state index in [0.717, 1.165) is 5.76 Å². The number of carbonyl (C=O) groups excluding carboxylic acids is 1. The van der Waals surface area contributed by atoms with Gasteiger partial charge in [-0.15, -0.1) is 0 Å². The fourth-order valence-electron chi connectivity index (χ4n) is 1.61. The molecule has 0 aliphatic heterocycles. The second-order valence-electron chi connectivity index (χ2n) is 4.00. The van der Waals surface area contributed by atoms with Crippen LogP contribution in [0.15, 0.2) is 45.6 Å². The van der Waals surface area contributed by atoms with Gasteiger partial charge >= 0.3 is 0 Å². The lowest BCUT2D eigenvalue weighted by atomic mass is 10.2. The summed E-state index contributed by atoms with van der Waals surface area (Å²) >= 11 is 3.24. The van der Waals surface area contributed by atoms with Gasteiger partial charge in [0.15, 0.2) is 0 Å². The van der Waals surface area contributed by atoms with Crippen molar-refractivity contribution < 1.29 is 9.21 Å². The molecule has 1 amide bonds. The first kappa shape index (κ1) is 12.8. The zero-order valence-corrected chi connectivity index (χ0v) is 11.5. The third-order valence-corrected chi connectivity index (χ3v) is 2.85. The van der Waals surface area contributed by atoms with Gasteiger partial charge in [-0.3, -0.25) is 4.79 Å². The van der Waals surface area contributed by atoms with Crippen LogP contribution in [0.4, 0.5) is 0 Å². The van der Waals surface area contributed by atoms with Crippen LogP contribution in [0, 0.1) is 0 Å². The summed E-state index contributed by atoms with van der Waals surface area (Å²) in [6, 6.07) is 8.95.